The molecule has 1 aromatic carbocycles. The fourth-order valence-corrected chi connectivity index (χ4v) is 1.46. The van der Waals surface area contributed by atoms with Gasteiger partial charge in [0, 0.05) is 11.5 Å². The number of nitrogens with two attached hydrogens (primary N) is 1. The molecule has 15 heavy (non-hydrogen) atoms. The van der Waals surface area contributed by atoms with Crippen LogP contribution < -0.4 is 5.73 Å². The van der Waals surface area contributed by atoms with Gasteiger partial charge in [0.1, 0.15) is 5.82 Å². The zero-order valence-corrected chi connectivity index (χ0v) is 8.74. The summed E-state index contributed by atoms with van der Waals surface area (Å²) in [5, 5.41) is 0. The number of nitrogens with one attached hydrogen (secondary N) is 1. The van der Waals surface area contributed by atoms with E-state index >= 15 is 0 Å². The van der Waals surface area contributed by atoms with Crippen LogP contribution in [0.2, 0.25) is 0 Å². The van der Waals surface area contributed by atoms with Crippen molar-refractivity contribution in [3.05, 3.63) is 29.6 Å². The number of carbonyl (C=O) groups is 1. The van der Waals surface area contributed by atoms with Crippen LogP contribution in [0.3, 0.4) is 0 Å². The molecular weight excluding hydrogens is 190 g/mol. The number of aromatic nitrogens is 2. The van der Waals surface area contributed by atoms with Crippen molar-refractivity contribution in [2.75, 3.05) is 0 Å². The molecule has 1 amide bonds. The number of carbonyl (C=O) groups excluding carboxylic acids is 1. The third-order valence-electron chi connectivity index (χ3n) is 2.33. The van der Waals surface area contributed by atoms with Crippen molar-refractivity contribution in [1.29, 1.82) is 0 Å². The normalized spacial score (nSPS) is 11.1. The minimum atomic E-state index is -0.419. The Bertz CT molecular complexity index is 514. The Labute approximate surface area is 87.5 Å². The lowest BCUT2D eigenvalue weighted by Crippen LogP contribution is -2.10. The van der Waals surface area contributed by atoms with Crippen LogP contribution in [-0.4, -0.2) is 15.9 Å². The summed E-state index contributed by atoms with van der Waals surface area (Å²) in [5.41, 5.74) is 7.42. The highest BCUT2D eigenvalue weighted by Gasteiger charge is 2.08. The van der Waals surface area contributed by atoms with Crippen LogP contribution in [0.5, 0.6) is 0 Å². The molecular formula is C11H13N3O. The second kappa shape index (κ2) is 3.38. The van der Waals surface area contributed by atoms with Crippen molar-refractivity contribution in [1.82, 2.24) is 9.97 Å². The van der Waals surface area contributed by atoms with Crippen molar-refractivity contribution >= 4 is 16.9 Å². The van der Waals surface area contributed by atoms with Gasteiger partial charge in [-0.05, 0) is 18.2 Å². The quantitative estimate of drug-likeness (QED) is 0.781. The van der Waals surface area contributed by atoms with Gasteiger partial charge in [-0.3, -0.25) is 4.79 Å². The third-order valence-corrected chi connectivity index (χ3v) is 2.33. The first-order valence-corrected chi connectivity index (χ1v) is 4.87. The van der Waals surface area contributed by atoms with E-state index in [1.165, 1.54) is 0 Å². The van der Waals surface area contributed by atoms with Crippen molar-refractivity contribution in [3.63, 3.8) is 0 Å². The molecule has 4 nitrogen and oxygen atoms in total. The molecule has 1 heterocycles. The van der Waals surface area contributed by atoms with Gasteiger partial charge >= 0.3 is 0 Å². The van der Waals surface area contributed by atoms with Crippen molar-refractivity contribution in [2.24, 2.45) is 5.73 Å². The molecule has 2 aromatic rings. The fraction of sp³-hybridized carbons (Fsp3) is 0.273. The largest absolute Gasteiger partial charge is 0.366 e. The highest BCUT2D eigenvalue weighted by atomic mass is 16.1. The Kier molecular flexibility index (Phi) is 2.19. The van der Waals surface area contributed by atoms with E-state index in [0.717, 1.165) is 16.9 Å². The van der Waals surface area contributed by atoms with Gasteiger partial charge in [0.05, 0.1) is 11.0 Å². The second-order valence-corrected chi connectivity index (χ2v) is 3.87. The first-order chi connectivity index (χ1) is 7.08. The molecule has 4 heteroatoms. The molecule has 0 aliphatic rings. The van der Waals surface area contributed by atoms with E-state index in [4.69, 9.17) is 5.73 Å². The summed E-state index contributed by atoms with van der Waals surface area (Å²) in [4.78, 5) is 18.5. The molecule has 2 rings (SSSR count). The number of amides is 1. The van der Waals surface area contributed by atoms with Gasteiger partial charge in [-0.25, -0.2) is 4.98 Å². The monoisotopic (exact) mass is 203 g/mol. The Morgan fingerprint density at radius 2 is 2.20 bits per heavy atom. The summed E-state index contributed by atoms with van der Waals surface area (Å²) in [6.45, 7) is 4.12. The van der Waals surface area contributed by atoms with Crippen molar-refractivity contribution in [3.8, 4) is 0 Å². The van der Waals surface area contributed by atoms with Crippen LogP contribution >= 0.6 is 0 Å². The Morgan fingerprint density at radius 3 is 2.80 bits per heavy atom. The number of aromatic amines is 1. The van der Waals surface area contributed by atoms with Crippen LogP contribution in [0, 0.1) is 0 Å². The fourth-order valence-electron chi connectivity index (χ4n) is 1.46. The maximum atomic E-state index is 11.0. The molecule has 0 aliphatic carbocycles. The molecule has 0 unspecified atom stereocenters. The maximum absolute atomic E-state index is 11.0. The number of primary amides is 1. The smallest absolute Gasteiger partial charge is 0.248 e. The summed E-state index contributed by atoms with van der Waals surface area (Å²) < 4.78 is 0. The molecule has 0 atom stereocenters. The lowest BCUT2D eigenvalue weighted by atomic mass is 10.2. The summed E-state index contributed by atoms with van der Waals surface area (Å²) in [7, 11) is 0. The van der Waals surface area contributed by atoms with Gasteiger partial charge < -0.3 is 10.7 Å². The third kappa shape index (κ3) is 1.70. The number of fused-ring (bicyclic) bond motifs is 1. The molecule has 78 valence electrons. The Hall–Kier alpha value is -1.84. The minimum Gasteiger partial charge on any atom is -0.366 e. The van der Waals surface area contributed by atoms with E-state index in [2.05, 4.69) is 23.8 Å². The lowest BCUT2D eigenvalue weighted by molar-refractivity contribution is 0.100. The SMILES string of the molecule is CC(C)c1nc2ccc(C(N)=O)cc2[nH]1. The van der Waals surface area contributed by atoms with Crippen LogP contribution in [-0.2, 0) is 0 Å². The average molecular weight is 203 g/mol. The number of nitrogens with zero attached hydrogens (tertiary/aromatic N) is 1. The maximum Gasteiger partial charge on any atom is 0.248 e. The van der Waals surface area contributed by atoms with Crippen LogP contribution in [0.4, 0.5) is 0 Å². The molecule has 3 N–H and O–H groups in total. The molecule has 1 aromatic heterocycles. The van der Waals surface area contributed by atoms with E-state index in [-0.39, 0.29) is 0 Å². The molecule has 0 saturated heterocycles. The van der Waals surface area contributed by atoms with Gasteiger partial charge in [-0.2, -0.15) is 0 Å². The number of benzene rings is 1. The first-order valence-electron chi connectivity index (χ1n) is 4.87. The minimum absolute atomic E-state index is 0.342. The van der Waals surface area contributed by atoms with E-state index in [9.17, 15) is 4.79 Å². The van der Waals surface area contributed by atoms with E-state index in [0.29, 0.717) is 11.5 Å². The van der Waals surface area contributed by atoms with E-state index < -0.39 is 5.91 Å². The van der Waals surface area contributed by atoms with Gasteiger partial charge in [0.2, 0.25) is 5.91 Å². The van der Waals surface area contributed by atoms with Crippen LogP contribution in [0.1, 0.15) is 35.9 Å². The zero-order valence-electron chi connectivity index (χ0n) is 8.74. The predicted octanol–water partition coefficient (Wildman–Crippen LogP) is 1.79. The van der Waals surface area contributed by atoms with Gasteiger partial charge in [-0.15, -0.1) is 0 Å². The van der Waals surface area contributed by atoms with E-state index in [1.54, 1.807) is 18.2 Å². The highest BCUT2D eigenvalue weighted by Crippen LogP contribution is 2.17. The molecule has 0 bridgehead atoms. The zero-order chi connectivity index (χ0) is 11.0. The summed E-state index contributed by atoms with van der Waals surface area (Å²) >= 11 is 0. The number of H-pyrrole nitrogens is 1. The second-order valence-electron chi connectivity index (χ2n) is 3.87. The van der Waals surface area contributed by atoms with Crippen molar-refractivity contribution in [2.45, 2.75) is 19.8 Å². The summed E-state index contributed by atoms with van der Waals surface area (Å²) in [6, 6.07) is 5.23. The van der Waals surface area contributed by atoms with Gasteiger partial charge in [-0.1, -0.05) is 13.8 Å². The summed E-state index contributed by atoms with van der Waals surface area (Å²) in [6.07, 6.45) is 0. The van der Waals surface area contributed by atoms with Crippen LogP contribution in [0.15, 0.2) is 18.2 Å². The first kappa shape index (κ1) is 9.71. The average Bonchev–Trinajstić information content (AvgIpc) is 2.59. The predicted molar refractivity (Wildman–Crippen MR) is 58.7 cm³/mol. The number of hydrogen-bond donors (Lipinski definition) is 2. The van der Waals surface area contributed by atoms with Gasteiger partial charge in [0.25, 0.3) is 0 Å². The standard InChI is InChI=1S/C11H13N3O/c1-6(2)11-13-8-4-3-7(10(12)15)5-9(8)14-11/h3-6H,1-2H3,(H2,12,15)(H,13,14). The Balaban J connectivity index is 2.57. The molecule has 0 spiro atoms. The lowest BCUT2D eigenvalue weighted by Gasteiger charge is -1.95. The molecule has 0 saturated carbocycles. The topological polar surface area (TPSA) is 71.8 Å². The Morgan fingerprint density at radius 1 is 1.47 bits per heavy atom. The summed E-state index contributed by atoms with van der Waals surface area (Å²) in [5.74, 6) is 0.846. The molecule has 0 radical (unpaired) electrons. The molecule has 0 aliphatic heterocycles. The van der Waals surface area contributed by atoms with Gasteiger partial charge in [0.15, 0.2) is 0 Å². The number of imidazole rings is 1. The highest BCUT2D eigenvalue weighted by molar-refractivity contribution is 5.96. The number of rotatable bonds is 2. The van der Waals surface area contributed by atoms with Crippen LogP contribution in [0.25, 0.3) is 11.0 Å². The molecule has 0 fully saturated rings. The van der Waals surface area contributed by atoms with Crippen molar-refractivity contribution < 1.29 is 4.79 Å². The van der Waals surface area contributed by atoms with E-state index in [1.807, 2.05) is 0 Å². The number of hydrogen-bond acceptors (Lipinski definition) is 2.